The van der Waals surface area contributed by atoms with Crippen molar-refractivity contribution in [2.75, 3.05) is 6.54 Å². The third-order valence-electron chi connectivity index (χ3n) is 3.63. The molecule has 0 saturated heterocycles. The first-order valence-corrected chi connectivity index (χ1v) is 7.64. The number of rotatable bonds is 9. The molecule has 1 aromatic carbocycles. The second kappa shape index (κ2) is 8.60. The Kier molecular flexibility index (Phi) is 6.39. The van der Waals surface area contributed by atoms with Crippen LogP contribution < -0.4 is 5.32 Å². The number of aryl methyl sites for hydroxylation is 2. The van der Waals surface area contributed by atoms with Crippen LogP contribution in [-0.4, -0.2) is 12.6 Å². The largest absolute Gasteiger partial charge is 0.469 e. The van der Waals surface area contributed by atoms with E-state index in [9.17, 15) is 0 Å². The van der Waals surface area contributed by atoms with Gasteiger partial charge in [0, 0.05) is 12.5 Å². The zero-order valence-electron chi connectivity index (χ0n) is 12.3. The lowest BCUT2D eigenvalue weighted by Gasteiger charge is -2.12. The molecule has 0 aliphatic rings. The van der Waals surface area contributed by atoms with Gasteiger partial charge in [0.25, 0.3) is 0 Å². The van der Waals surface area contributed by atoms with Crippen molar-refractivity contribution in [2.24, 2.45) is 0 Å². The highest BCUT2D eigenvalue weighted by Gasteiger charge is 2.03. The van der Waals surface area contributed by atoms with Gasteiger partial charge >= 0.3 is 0 Å². The third kappa shape index (κ3) is 5.62. The SMILES string of the molecule is CC(CCc1ccco1)NCCCCc1ccccc1. The highest BCUT2D eigenvalue weighted by molar-refractivity contribution is 5.14. The lowest BCUT2D eigenvalue weighted by molar-refractivity contribution is 0.456. The number of benzene rings is 1. The van der Waals surface area contributed by atoms with Gasteiger partial charge in [-0.25, -0.2) is 0 Å². The number of hydrogen-bond acceptors (Lipinski definition) is 2. The maximum atomic E-state index is 5.35. The molecular weight excluding hydrogens is 246 g/mol. The Bertz CT molecular complexity index is 450. The van der Waals surface area contributed by atoms with Crippen molar-refractivity contribution in [2.45, 2.75) is 45.1 Å². The van der Waals surface area contributed by atoms with Crippen molar-refractivity contribution in [3.8, 4) is 0 Å². The summed E-state index contributed by atoms with van der Waals surface area (Å²) in [7, 11) is 0. The zero-order chi connectivity index (χ0) is 14.0. The molecule has 1 atom stereocenters. The predicted molar refractivity (Wildman–Crippen MR) is 83.9 cm³/mol. The van der Waals surface area contributed by atoms with Gasteiger partial charge < -0.3 is 9.73 Å². The van der Waals surface area contributed by atoms with Crippen LogP contribution in [0, 0.1) is 0 Å². The molecule has 0 amide bonds. The van der Waals surface area contributed by atoms with Crippen LogP contribution >= 0.6 is 0 Å². The first-order chi connectivity index (χ1) is 9.84. The molecule has 2 nitrogen and oxygen atoms in total. The van der Waals surface area contributed by atoms with Crippen LogP contribution in [0.2, 0.25) is 0 Å². The van der Waals surface area contributed by atoms with E-state index in [2.05, 4.69) is 42.6 Å². The predicted octanol–water partition coefficient (Wildman–Crippen LogP) is 4.21. The van der Waals surface area contributed by atoms with Crippen molar-refractivity contribution < 1.29 is 4.42 Å². The number of nitrogens with one attached hydrogen (secondary N) is 1. The van der Waals surface area contributed by atoms with Crippen LogP contribution in [0.5, 0.6) is 0 Å². The van der Waals surface area contributed by atoms with Gasteiger partial charge in [-0.3, -0.25) is 0 Å². The molecule has 0 bridgehead atoms. The molecule has 20 heavy (non-hydrogen) atoms. The Morgan fingerprint density at radius 1 is 1.00 bits per heavy atom. The standard InChI is InChI=1S/C18H25NO/c1-16(12-13-18-11-7-15-20-18)19-14-6-5-10-17-8-3-2-4-9-17/h2-4,7-9,11,15-16,19H,5-6,10,12-14H2,1H3. The molecular formula is C18H25NO. The van der Waals surface area contributed by atoms with Crippen LogP contribution in [0.3, 0.4) is 0 Å². The van der Waals surface area contributed by atoms with Crippen LogP contribution in [0.15, 0.2) is 53.1 Å². The number of unbranched alkanes of at least 4 members (excludes halogenated alkanes) is 1. The monoisotopic (exact) mass is 271 g/mol. The molecule has 1 aromatic heterocycles. The normalized spacial score (nSPS) is 12.4. The summed E-state index contributed by atoms with van der Waals surface area (Å²) in [4.78, 5) is 0. The summed E-state index contributed by atoms with van der Waals surface area (Å²) >= 11 is 0. The molecule has 0 aliphatic carbocycles. The molecule has 0 spiro atoms. The lowest BCUT2D eigenvalue weighted by atomic mass is 10.1. The number of furan rings is 1. The fourth-order valence-electron chi connectivity index (χ4n) is 2.36. The van der Waals surface area contributed by atoms with E-state index in [0.29, 0.717) is 6.04 Å². The Morgan fingerprint density at radius 2 is 1.85 bits per heavy atom. The van der Waals surface area contributed by atoms with Crippen LogP contribution in [-0.2, 0) is 12.8 Å². The summed E-state index contributed by atoms with van der Waals surface area (Å²) < 4.78 is 5.35. The molecule has 0 fully saturated rings. The van der Waals surface area contributed by atoms with E-state index in [0.717, 1.165) is 25.1 Å². The highest BCUT2D eigenvalue weighted by Crippen LogP contribution is 2.07. The first kappa shape index (κ1) is 14.9. The van der Waals surface area contributed by atoms with Gasteiger partial charge in [0.1, 0.15) is 5.76 Å². The van der Waals surface area contributed by atoms with E-state index in [4.69, 9.17) is 4.42 Å². The quantitative estimate of drug-likeness (QED) is 0.691. The summed E-state index contributed by atoms with van der Waals surface area (Å²) in [6, 6.07) is 15.3. The fraction of sp³-hybridized carbons (Fsp3) is 0.444. The molecule has 2 aromatic rings. The number of hydrogen-bond donors (Lipinski definition) is 1. The molecule has 1 N–H and O–H groups in total. The van der Waals surface area contributed by atoms with Crippen LogP contribution in [0.1, 0.15) is 37.5 Å². The van der Waals surface area contributed by atoms with Crippen molar-refractivity contribution in [3.63, 3.8) is 0 Å². The second-order valence-electron chi connectivity index (χ2n) is 5.42. The van der Waals surface area contributed by atoms with Gasteiger partial charge in [-0.2, -0.15) is 0 Å². The molecule has 2 rings (SSSR count). The zero-order valence-corrected chi connectivity index (χ0v) is 12.3. The van der Waals surface area contributed by atoms with Crippen molar-refractivity contribution in [1.82, 2.24) is 5.32 Å². The Morgan fingerprint density at radius 3 is 2.60 bits per heavy atom. The summed E-state index contributed by atoms with van der Waals surface area (Å²) in [6.07, 6.45) is 7.57. The average Bonchev–Trinajstić information content (AvgIpc) is 2.99. The first-order valence-electron chi connectivity index (χ1n) is 7.64. The minimum Gasteiger partial charge on any atom is -0.469 e. The summed E-state index contributed by atoms with van der Waals surface area (Å²) in [5, 5.41) is 3.59. The third-order valence-corrected chi connectivity index (χ3v) is 3.63. The minimum atomic E-state index is 0.553. The van der Waals surface area contributed by atoms with Crippen LogP contribution in [0.25, 0.3) is 0 Å². The Labute approximate surface area is 122 Å². The van der Waals surface area contributed by atoms with E-state index in [-0.39, 0.29) is 0 Å². The molecule has 1 unspecified atom stereocenters. The van der Waals surface area contributed by atoms with Crippen molar-refractivity contribution in [1.29, 1.82) is 0 Å². The smallest absolute Gasteiger partial charge is 0.103 e. The van der Waals surface area contributed by atoms with Gasteiger partial charge in [-0.15, -0.1) is 0 Å². The molecule has 108 valence electrons. The second-order valence-corrected chi connectivity index (χ2v) is 5.42. The fourth-order valence-corrected chi connectivity index (χ4v) is 2.36. The van der Waals surface area contributed by atoms with E-state index in [1.165, 1.54) is 24.8 Å². The summed E-state index contributed by atoms with van der Waals surface area (Å²) in [5.41, 5.74) is 1.44. The van der Waals surface area contributed by atoms with Crippen molar-refractivity contribution in [3.05, 3.63) is 60.1 Å². The molecule has 0 radical (unpaired) electrons. The lowest BCUT2D eigenvalue weighted by Crippen LogP contribution is -2.27. The summed E-state index contributed by atoms with van der Waals surface area (Å²) in [5.74, 6) is 1.09. The van der Waals surface area contributed by atoms with E-state index < -0.39 is 0 Å². The Balaban J connectivity index is 1.50. The highest BCUT2D eigenvalue weighted by atomic mass is 16.3. The van der Waals surface area contributed by atoms with Gasteiger partial charge in [0.2, 0.25) is 0 Å². The van der Waals surface area contributed by atoms with Crippen molar-refractivity contribution >= 4 is 0 Å². The minimum absolute atomic E-state index is 0.553. The van der Waals surface area contributed by atoms with Crippen LogP contribution in [0.4, 0.5) is 0 Å². The maximum absolute atomic E-state index is 5.35. The van der Waals surface area contributed by atoms with Gasteiger partial charge in [0.15, 0.2) is 0 Å². The van der Waals surface area contributed by atoms with Gasteiger partial charge in [0.05, 0.1) is 6.26 Å². The molecule has 0 aliphatic heterocycles. The van der Waals surface area contributed by atoms with E-state index >= 15 is 0 Å². The molecule has 1 heterocycles. The Hall–Kier alpha value is -1.54. The maximum Gasteiger partial charge on any atom is 0.103 e. The average molecular weight is 271 g/mol. The molecule has 2 heteroatoms. The molecule has 0 saturated carbocycles. The van der Waals surface area contributed by atoms with Gasteiger partial charge in [-0.1, -0.05) is 30.3 Å². The van der Waals surface area contributed by atoms with Gasteiger partial charge in [-0.05, 0) is 56.8 Å². The topological polar surface area (TPSA) is 25.2 Å². The summed E-state index contributed by atoms with van der Waals surface area (Å²) in [6.45, 7) is 3.35. The van der Waals surface area contributed by atoms with E-state index in [1.54, 1.807) is 6.26 Å². The van der Waals surface area contributed by atoms with E-state index in [1.807, 2.05) is 12.1 Å².